The van der Waals surface area contributed by atoms with E-state index in [0.717, 1.165) is 17.2 Å². The summed E-state index contributed by atoms with van der Waals surface area (Å²) < 4.78 is 46.1. The Hall–Kier alpha value is -2.76. The summed E-state index contributed by atoms with van der Waals surface area (Å²) in [7, 11) is 1.56. The number of ether oxygens (including phenoxy) is 1. The molecule has 0 radical (unpaired) electrons. The first-order valence-electron chi connectivity index (χ1n) is 7.69. The van der Waals surface area contributed by atoms with Gasteiger partial charge in [0.15, 0.2) is 5.69 Å². The van der Waals surface area contributed by atoms with E-state index in [2.05, 4.69) is 5.10 Å². The van der Waals surface area contributed by atoms with Crippen molar-refractivity contribution in [1.29, 1.82) is 0 Å². The van der Waals surface area contributed by atoms with Gasteiger partial charge in [-0.2, -0.15) is 18.3 Å². The second-order valence-electron chi connectivity index (χ2n) is 5.84. The zero-order valence-corrected chi connectivity index (χ0v) is 14.1. The van der Waals surface area contributed by atoms with Crippen LogP contribution in [0.25, 0.3) is 16.9 Å². The summed E-state index contributed by atoms with van der Waals surface area (Å²) >= 11 is 0. The Kier molecular flexibility index (Phi) is 4.29. The number of methoxy groups -OCH3 is 1. The fourth-order valence-corrected chi connectivity index (χ4v) is 2.65. The van der Waals surface area contributed by atoms with Gasteiger partial charge in [-0.1, -0.05) is 17.7 Å². The molecule has 0 amide bonds. The third-order valence-electron chi connectivity index (χ3n) is 3.97. The van der Waals surface area contributed by atoms with Gasteiger partial charge in [-0.25, -0.2) is 4.68 Å². The van der Waals surface area contributed by atoms with Crippen LogP contribution in [0.15, 0.2) is 48.5 Å². The highest BCUT2D eigenvalue weighted by atomic mass is 19.4. The molecule has 0 saturated carbocycles. The highest BCUT2D eigenvalue weighted by molar-refractivity contribution is 5.65. The van der Waals surface area contributed by atoms with Crippen molar-refractivity contribution in [3.05, 3.63) is 65.4 Å². The molecule has 0 spiro atoms. The van der Waals surface area contributed by atoms with E-state index in [1.54, 1.807) is 37.4 Å². The number of alkyl halides is 3. The molecule has 0 saturated heterocycles. The molecule has 3 rings (SSSR count). The molecule has 0 aliphatic carbocycles. The van der Waals surface area contributed by atoms with Crippen LogP contribution in [0.4, 0.5) is 13.2 Å². The summed E-state index contributed by atoms with van der Waals surface area (Å²) in [4.78, 5) is 0. The molecule has 2 aromatic carbocycles. The smallest absolute Gasteiger partial charge is 0.435 e. The van der Waals surface area contributed by atoms with E-state index in [4.69, 9.17) is 4.74 Å². The number of nitrogens with zero attached hydrogens (tertiary/aromatic N) is 2. The van der Waals surface area contributed by atoms with E-state index in [9.17, 15) is 13.2 Å². The van der Waals surface area contributed by atoms with Gasteiger partial charge >= 0.3 is 6.18 Å². The van der Waals surface area contributed by atoms with Gasteiger partial charge in [0.2, 0.25) is 0 Å². The maximum Gasteiger partial charge on any atom is 0.435 e. The van der Waals surface area contributed by atoms with Gasteiger partial charge in [-0.05, 0) is 55.8 Å². The molecule has 3 nitrogen and oxygen atoms in total. The van der Waals surface area contributed by atoms with Gasteiger partial charge < -0.3 is 4.74 Å². The molecule has 3 aromatic rings. The Labute approximate surface area is 143 Å². The Morgan fingerprint density at radius 1 is 0.960 bits per heavy atom. The van der Waals surface area contributed by atoms with Gasteiger partial charge in [0, 0.05) is 5.56 Å². The van der Waals surface area contributed by atoms with Gasteiger partial charge in [0.05, 0.1) is 18.5 Å². The predicted octanol–water partition coefficient (Wildman–Crippen LogP) is 5.18. The van der Waals surface area contributed by atoms with Crippen LogP contribution in [0.5, 0.6) is 5.75 Å². The number of halogens is 3. The first-order valence-corrected chi connectivity index (χ1v) is 7.69. The fraction of sp³-hybridized carbons (Fsp3) is 0.211. The van der Waals surface area contributed by atoms with Crippen LogP contribution >= 0.6 is 0 Å². The Balaban J connectivity index is 2.19. The average Bonchev–Trinajstić information content (AvgIpc) is 3.01. The van der Waals surface area contributed by atoms with Gasteiger partial charge in [-0.15, -0.1) is 0 Å². The number of aryl methyl sites for hydroxylation is 2. The predicted molar refractivity (Wildman–Crippen MR) is 90.0 cm³/mol. The number of benzene rings is 2. The number of hydrogen-bond acceptors (Lipinski definition) is 2. The van der Waals surface area contributed by atoms with Crippen LogP contribution in [0.1, 0.15) is 16.8 Å². The van der Waals surface area contributed by atoms with E-state index in [1.165, 1.54) is 4.68 Å². The Morgan fingerprint density at radius 3 is 2.20 bits per heavy atom. The Bertz CT molecular complexity index is 896. The average molecular weight is 346 g/mol. The van der Waals surface area contributed by atoms with E-state index >= 15 is 0 Å². The fourth-order valence-electron chi connectivity index (χ4n) is 2.65. The minimum absolute atomic E-state index is 0.377. The quantitative estimate of drug-likeness (QED) is 0.653. The maximum atomic E-state index is 13.2. The molecule has 0 fully saturated rings. The zero-order valence-electron chi connectivity index (χ0n) is 14.1. The lowest BCUT2D eigenvalue weighted by Crippen LogP contribution is -2.07. The first kappa shape index (κ1) is 17.1. The highest BCUT2D eigenvalue weighted by Gasteiger charge is 2.35. The van der Waals surface area contributed by atoms with Crippen molar-refractivity contribution < 1.29 is 17.9 Å². The summed E-state index contributed by atoms with van der Waals surface area (Å²) in [6.07, 6.45) is -4.51. The van der Waals surface area contributed by atoms with Crippen molar-refractivity contribution in [3.8, 4) is 22.7 Å². The molecule has 0 aliphatic rings. The van der Waals surface area contributed by atoms with Crippen LogP contribution < -0.4 is 4.74 Å². The van der Waals surface area contributed by atoms with Crippen LogP contribution in [0.3, 0.4) is 0 Å². The molecular formula is C19H17F3N2O. The number of aromatic nitrogens is 2. The normalized spacial score (nSPS) is 11.6. The van der Waals surface area contributed by atoms with E-state index in [-0.39, 0.29) is 0 Å². The summed E-state index contributed by atoms with van der Waals surface area (Å²) in [6.45, 7) is 3.77. The molecule has 0 atom stereocenters. The van der Waals surface area contributed by atoms with Crippen LogP contribution in [-0.2, 0) is 6.18 Å². The molecule has 0 aliphatic heterocycles. The summed E-state index contributed by atoms with van der Waals surface area (Å²) in [5.74, 6) is 0.682. The lowest BCUT2D eigenvalue weighted by Gasteiger charge is -2.10. The second kappa shape index (κ2) is 6.27. The van der Waals surface area contributed by atoms with Crippen molar-refractivity contribution in [3.63, 3.8) is 0 Å². The summed E-state index contributed by atoms with van der Waals surface area (Å²) in [5.41, 5.74) is 2.53. The molecule has 0 bridgehead atoms. The molecule has 130 valence electrons. The summed E-state index contributed by atoms with van der Waals surface area (Å²) in [5, 5.41) is 3.79. The maximum absolute atomic E-state index is 13.2. The lowest BCUT2D eigenvalue weighted by atomic mass is 10.1. The van der Waals surface area contributed by atoms with E-state index in [0.29, 0.717) is 22.7 Å². The van der Waals surface area contributed by atoms with E-state index in [1.807, 2.05) is 26.0 Å². The summed E-state index contributed by atoms with van der Waals surface area (Å²) in [6, 6.07) is 13.5. The minimum atomic E-state index is -4.51. The van der Waals surface area contributed by atoms with Crippen molar-refractivity contribution in [2.75, 3.05) is 7.11 Å². The van der Waals surface area contributed by atoms with Crippen molar-refractivity contribution in [2.24, 2.45) is 0 Å². The van der Waals surface area contributed by atoms with Crippen molar-refractivity contribution in [2.45, 2.75) is 20.0 Å². The zero-order chi connectivity index (χ0) is 18.2. The molecule has 0 unspecified atom stereocenters. The standard InChI is InChI=1S/C19H17F3N2O/c1-12-4-7-15(8-5-12)24-16(11-18(23-24)19(20,21)22)14-6-9-17(25-3)13(2)10-14/h4-11H,1-3H3. The van der Waals surface area contributed by atoms with Gasteiger partial charge in [0.1, 0.15) is 5.75 Å². The first-order chi connectivity index (χ1) is 11.8. The third kappa shape index (κ3) is 3.38. The van der Waals surface area contributed by atoms with Crippen molar-refractivity contribution >= 4 is 0 Å². The molecule has 1 heterocycles. The van der Waals surface area contributed by atoms with Crippen LogP contribution in [0.2, 0.25) is 0 Å². The third-order valence-corrected chi connectivity index (χ3v) is 3.97. The topological polar surface area (TPSA) is 27.1 Å². The van der Waals surface area contributed by atoms with Gasteiger partial charge in [-0.3, -0.25) is 0 Å². The molecule has 0 N–H and O–H groups in total. The van der Waals surface area contributed by atoms with E-state index < -0.39 is 11.9 Å². The molecule has 1 aromatic heterocycles. The molecule has 25 heavy (non-hydrogen) atoms. The van der Waals surface area contributed by atoms with Crippen LogP contribution in [0, 0.1) is 13.8 Å². The van der Waals surface area contributed by atoms with Gasteiger partial charge in [0.25, 0.3) is 0 Å². The SMILES string of the molecule is COc1ccc(-c2cc(C(F)(F)F)nn2-c2ccc(C)cc2)cc1C. The molecular weight excluding hydrogens is 329 g/mol. The largest absolute Gasteiger partial charge is 0.496 e. The van der Waals surface area contributed by atoms with Crippen molar-refractivity contribution in [1.82, 2.24) is 9.78 Å². The monoisotopic (exact) mass is 346 g/mol. The van der Waals surface area contributed by atoms with Crippen LogP contribution in [-0.4, -0.2) is 16.9 Å². The minimum Gasteiger partial charge on any atom is -0.496 e. The molecule has 6 heteroatoms. The second-order valence-corrected chi connectivity index (χ2v) is 5.84. The highest BCUT2D eigenvalue weighted by Crippen LogP contribution is 2.34. The number of hydrogen-bond donors (Lipinski definition) is 0. The number of rotatable bonds is 3. The lowest BCUT2D eigenvalue weighted by molar-refractivity contribution is -0.141. The Morgan fingerprint density at radius 2 is 1.64 bits per heavy atom.